The molecule has 126 valence electrons. The smallest absolute Gasteiger partial charge is 0.191 e. The van der Waals surface area contributed by atoms with Crippen LogP contribution in [0.1, 0.15) is 37.7 Å². The average molecular weight is 380 g/mol. The second-order valence-electron chi connectivity index (χ2n) is 6.62. The highest BCUT2D eigenvalue weighted by atomic mass is 79.9. The van der Waals surface area contributed by atoms with Crippen LogP contribution >= 0.6 is 15.9 Å². The Labute approximate surface area is 147 Å². The molecule has 2 aliphatic heterocycles. The molecule has 5 heteroatoms. The summed E-state index contributed by atoms with van der Waals surface area (Å²) in [6, 6.07) is 8.65. The van der Waals surface area contributed by atoms with Crippen LogP contribution < -0.4 is 5.73 Å². The van der Waals surface area contributed by atoms with E-state index < -0.39 is 0 Å². The number of rotatable bonds is 3. The Hall–Kier alpha value is -1.07. The van der Waals surface area contributed by atoms with Gasteiger partial charge in [0.1, 0.15) is 0 Å². The fourth-order valence-corrected chi connectivity index (χ4v) is 3.82. The number of nitrogens with two attached hydrogens (primary N) is 1. The van der Waals surface area contributed by atoms with E-state index in [2.05, 4.69) is 45.1 Å². The van der Waals surface area contributed by atoms with Crippen LogP contribution in [0.2, 0.25) is 0 Å². The van der Waals surface area contributed by atoms with Gasteiger partial charge < -0.3 is 15.4 Å². The van der Waals surface area contributed by atoms with Crippen molar-refractivity contribution in [2.24, 2.45) is 10.7 Å². The van der Waals surface area contributed by atoms with E-state index in [9.17, 15) is 0 Å². The van der Waals surface area contributed by atoms with Crippen LogP contribution in [0.5, 0.6) is 0 Å². The second kappa shape index (κ2) is 7.67. The van der Waals surface area contributed by atoms with E-state index in [1.54, 1.807) is 0 Å². The van der Waals surface area contributed by atoms with E-state index in [4.69, 9.17) is 15.5 Å². The zero-order valence-electron chi connectivity index (χ0n) is 13.6. The zero-order chi connectivity index (χ0) is 16.1. The van der Waals surface area contributed by atoms with E-state index in [1.807, 2.05) is 0 Å². The maximum Gasteiger partial charge on any atom is 0.191 e. The lowest BCUT2D eigenvalue weighted by Gasteiger charge is -2.37. The molecule has 0 spiro atoms. The minimum atomic E-state index is 0.0549. The number of guanidine groups is 1. The molecule has 0 unspecified atom stereocenters. The molecular weight excluding hydrogens is 354 g/mol. The quantitative estimate of drug-likeness (QED) is 0.647. The fraction of sp³-hybridized carbons (Fsp3) is 0.611. The molecule has 0 radical (unpaired) electrons. The number of nitrogens with zero attached hydrogens (tertiary/aromatic N) is 2. The Morgan fingerprint density at radius 2 is 1.78 bits per heavy atom. The molecule has 2 fully saturated rings. The predicted molar refractivity (Wildman–Crippen MR) is 97.8 cm³/mol. The Kier molecular flexibility index (Phi) is 5.59. The summed E-state index contributed by atoms with van der Waals surface area (Å²) >= 11 is 3.52. The van der Waals surface area contributed by atoms with Gasteiger partial charge >= 0.3 is 0 Å². The molecule has 2 N–H and O–H groups in total. The largest absolute Gasteiger partial charge is 0.381 e. The molecule has 23 heavy (non-hydrogen) atoms. The van der Waals surface area contributed by atoms with Gasteiger partial charge in [-0.15, -0.1) is 0 Å². The third-order valence-corrected chi connectivity index (χ3v) is 5.66. The van der Waals surface area contributed by atoms with Gasteiger partial charge in [-0.2, -0.15) is 0 Å². The SMILES string of the molecule is NC(=NCC1(c2ccc(Br)cc2)CCOCC1)N1CCCCC1. The molecule has 3 rings (SSSR count). The number of ether oxygens (including phenoxy) is 1. The van der Waals surface area contributed by atoms with Crippen molar-refractivity contribution in [3.8, 4) is 0 Å². The fourth-order valence-electron chi connectivity index (χ4n) is 3.56. The summed E-state index contributed by atoms with van der Waals surface area (Å²) in [5, 5.41) is 0. The van der Waals surface area contributed by atoms with Gasteiger partial charge in [0, 0.05) is 36.2 Å². The van der Waals surface area contributed by atoms with Crippen molar-refractivity contribution in [1.82, 2.24) is 4.90 Å². The summed E-state index contributed by atoms with van der Waals surface area (Å²) in [6.45, 7) is 4.44. The summed E-state index contributed by atoms with van der Waals surface area (Å²) in [5.74, 6) is 0.715. The van der Waals surface area contributed by atoms with Crippen LogP contribution in [0, 0.1) is 0 Å². The van der Waals surface area contributed by atoms with Crippen molar-refractivity contribution in [2.45, 2.75) is 37.5 Å². The number of benzene rings is 1. The van der Waals surface area contributed by atoms with Crippen molar-refractivity contribution < 1.29 is 4.74 Å². The first kappa shape index (κ1) is 16.8. The van der Waals surface area contributed by atoms with Gasteiger partial charge in [-0.3, -0.25) is 4.99 Å². The Morgan fingerprint density at radius 3 is 2.43 bits per heavy atom. The van der Waals surface area contributed by atoms with E-state index >= 15 is 0 Å². The maximum absolute atomic E-state index is 6.26. The number of likely N-dealkylation sites (tertiary alicyclic amines) is 1. The lowest BCUT2D eigenvalue weighted by molar-refractivity contribution is 0.0530. The third kappa shape index (κ3) is 4.07. The maximum atomic E-state index is 6.26. The van der Waals surface area contributed by atoms with Crippen molar-refractivity contribution in [3.05, 3.63) is 34.3 Å². The van der Waals surface area contributed by atoms with E-state index in [-0.39, 0.29) is 5.41 Å². The van der Waals surface area contributed by atoms with Crippen LogP contribution in [0.4, 0.5) is 0 Å². The van der Waals surface area contributed by atoms with E-state index in [1.165, 1.54) is 24.8 Å². The topological polar surface area (TPSA) is 50.9 Å². The number of aliphatic imine (C=N–C) groups is 1. The summed E-state index contributed by atoms with van der Waals surface area (Å²) < 4.78 is 6.70. The van der Waals surface area contributed by atoms with Crippen LogP contribution in [0.3, 0.4) is 0 Å². The molecule has 0 bridgehead atoms. The minimum Gasteiger partial charge on any atom is -0.381 e. The number of halogens is 1. The average Bonchev–Trinajstić information content (AvgIpc) is 2.62. The lowest BCUT2D eigenvalue weighted by atomic mass is 9.74. The van der Waals surface area contributed by atoms with Crippen LogP contribution in [-0.2, 0) is 10.2 Å². The molecule has 0 amide bonds. The molecule has 0 aromatic heterocycles. The van der Waals surface area contributed by atoms with Crippen molar-refractivity contribution in [3.63, 3.8) is 0 Å². The number of hydrogen-bond donors (Lipinski definition) is 1. The monoisotopic (exact) mass is 379 g/mol. The molecular formula is C18H26BrN3O. The highest BCUT2D eigenvalue weighted by Crippen LogP contribution is 2.35. The molecule has 4 nitrogen and oxygen atoms in total. The Morgan fingerprint density at radius 1 is 1.13 bits per heavy atom. The highest BCUT2D eigenvalue weighted by molar-refractivity contribution is 9.10. The van der Waals surface area contributed by atoms with Gasteiger partial charge in [-0.25, -0.2) is 0 Å². The third-order valence-electron chi connectivity index (χ3n) is 5.13. The first-order chi connectivity index (χ1) is 11.2. The van der Waals surface area contributed by atoms with Crippen LogP contribution in [0.15, 0.2) is 33.7 Å². The van der Waals surface area contributed by atoms with Gasteiger partial charge in [-0.1, -0.05) is 28.1 Å². The van der Waals surface area contributed by atoms with Gasteiger partial charge in [0.25, 0.3) is 0 Å². The number of hydrogen-bond acceptors (Lipinski definition) is 2. The first-order valence-corrected chi connectivity index (χ1v) is 9.38. The van der Waals surface area contributed by atoms with Crippen molar-refractivity contribution >= 4 is 21.9 Å². The van der Waals surface area contributed by atoms with Gasteiger partial charge in [0.2, 0.25) is 0 Å². The first-order valence-electron chi connectivity index (χ1n) is 8.58. The summed E-state index contributed by atoms with van der Waals surface area (Å²) in [6.07, 6.45) is 5.77. The van der Waals surface area contributed by atoms with Crippen molar-refractivity contribution in [2.75, 3.05) is 32.8 Å². The van der Waals surface area contributed by atoms with Gasteiger partial charge in [0.05, 0.1) is 6.54 Å². The predicted octanol–water partition coefficient (Wildman–Crippen LogP) is 3.30. The van der Waals surface area contributed by atoms with E-state index in [0.717, 1.165) is 50.2 Å². The molecule has 0 atom stereocenters. The molecule has 2 aliphatic rings. The highest BCUT2D eigenvalue weighted by Gasteiger charge is 2.34. The van der Waals surface area contributed by atoms with Crippen LogP contribution in [0.25, 0.3) is 0 Å². The zero-order valence-corrected chi connectivity index (χ0v) is 15.2. The summed E-state index contributed by atoms with van der Waals surface area (Å²) in [5.41, 5.74) is 7.67. The number of piperidine rings is 1. The van der Waals surface area contributed by atoms with Crippen LogP contribution in [-0.4, -0.2) is 43.7 Å². The van der Waals surface area contributed by atoms with E-state index in [0.29, 0.717) is 5.96 Å². The van der Waals surface area contributed by atoms with Crippen molar-refractivity contribution in [1.29, 1.82) is 0 Å². The Balaban J connectivity index is 1.77. The lowest BCUT2D eigenvalue weighted by Crippen LogP contribution is -2.43. The van der Waals surface area contributed by atoms with Gasteiger partial charge in [0.15, 0.2) is 5.96 Å². The standard InChI is InChI=1S/C18H26BrN3O/c19-16-6-4-15(5-7-16)18(8-12-23-13-9-18)14-21-17(20)22-10-2-1-3-11-22/h4-7H,1-3,8-14H2,(H2,20,21). The molecule has 1 aromatic rings. The van der Waals surface area contributed by atoms with Gasteiger partial charge in [-0.05, 0) is 49.8 Å². The molecule has 2 saturated heterocycles. The summed E-state index contributed by atoms with van der Waals surface area (Å²) in [4.78, 5) is 7.03. The molecule has 2 heterocycles. The second-order valence-corrected chi connectivity index (χ2v) is 7.54. The molecule has 0 aliphatic carbocycles. The molecule has 0 saturated carbocycles. The minimum absolute atomic E-state index is 0.0549. The normalized spacial score (nSPS) is 22.1. The Bertz CT molecular complexity index is 532. The summed E-state index contributed by atoms with van der Waals surface area (Å²) in [7, 11) is 0. The molecule has 1 aromatic carbocycles.